The number of ether oxygens (including phenoxy) is 1. The Morgan fingerprint density at radius 3 is 2.33 bits per heavy atom. The van der Waals surface area contributed by atoms with Gasteiger partial charge in [-0.1, -0.05) is 12.1 Å². The van der Waals surface area contributed by atoms with E-state index in [9.17, 15) is 9.59 Å². The minimum Gasteiger partial charge on any atom is -0.480 e. The van der Waals surface area contributed by atoms with Gasteiger partial charge < -0.3 is 20.5 Å². The maximum absolute atomic E-state index is 11.3. The van der Waals surface area contributed by atoms with Crippen molar-refractivity contribution in [3.8, 4) is 5.75 Å². The van der Waals surface area contributed by atoms with Crippen molar-refractivity contribution in [2.75, 3.05) is 14.1 Å². The number of carboxylic acids is 1. The van der Waals surface area contributed by atoms with Crippen LogP contribution in [-0.2, 0) is 11.2 Å². The van der Waals surface area contributed by atoms with Crippen molar-refractivity contribution in [3.63, 3.8) is 0 Å². The van der Waals surface area contributed by atoms with Gasteiger partial charge in [-0.25, -0.2) is 4.79 Å². The molecule has 1 aromatic carbocycles. The molecule has 0 saturated heterocycles. The second kappa shape index (κ2) is 6.02. The molecule has 0 fully saturated rings. The van der Waals surface area contributed by atoms with Crippen LogP contribution in [0.5, 0.6) is 5.75 Å². The van der Waals surface area contributed by atoms with Crippen LogP contribution in [0.4, 0.5) is 4.79 Å². The van der Waals surface area contributed by atoms with E-state index < -0.39 is 18.1 Å². The van der Waals surface area contributed by atoms with Crippen molar-refractivity contribution in [3.05, 3.63) is 29.8 Å². The zero-order valence-electron chi connectivity index (χ0n) is 10.3. The number of hydrogen-bond acceptors (Lipinski definition) is 4. The first-order valence-corrected chi connectivity index (χ1v) is 5.36. The summed E-state index contributed by atoms with van der Waals surface area (Å²) >= 11 is 0. The van der Waals surface area contributed by atoms with Gasteiger partial charge in [0.05, 0.1) is 0 Å². The average Bonchev–Trinajstić information content (AvgIpc) is 2.31. The molecule has 0 aromatic heterocycles. The van der Waals surface area contributed by atoms with Gasteiger partial charge in [-0.3, -0.25) is 4.79 Å². The molecule has 0 radical (unpaired) electrons. The number of carboxylic acid groups (broad SMARTS) is 1. The zero-order valence-corrected chi connectivity index (χ0v) is 10.3. The molecule has 98 valence electrons. The molecule has 18 heavy (non-hydrogen) atoms. The largest absolute Gasteiger partial charge is 0.480 e. The molecule has 0 aliphatic heterocycles. The van der Waals surface area contributed by atoms with E-state index in [1.807, 2.05) is 0 Å². The average molecular weight is 252 g/mol. The predicted molar refractivity (Wildman–Crippen MR) is 65.5 cm³/mol. The molecular weight excluding hydrogens is 236 g/mol. The van der Waals surface area contributed by atoms with Gasteiger partial charge in [-0.2, -0.15) is 0 Å². The van der Waals surface area contributed by atoms with Crippen molar-refractivity contribution in [2.45, 2.75) is 12.5 Å². The maximum Gasteiger partial charge on any atom is 0.414 e. The first kappa shape index (κ1) is 14.0. The number of benzene rings is 1. The Kier molecular flexibility index (Phi) is 4.67. The summed E-state index contributed by atoms with van der Waals surface area (Å²) in [6, 6.07) is 5.64. The van der Waals surface area contributed by atoms with E-state index in [2.05, 4.69) is 0 Å². The number of amides is 1. The second-order valence-electron chi connectivity index (χ2n) is 4.06. The summed E-state index contributed by atoms with van der Waals surface area (Å²) in [6.07, 6.45) is -0.234. The highest BCUT2D eigenvalue weighted by atomic mass is 16.6. The summed E-state index contributed by atoms with van der Waals surface area (Å²) in [7, 11) is 3.17. The fourth-order valence-electron chi connectivity index (χ4n) is 1.23. The number of aliphatic carboxylic acids is 1. The van der Waals surface area contributed by atoms with Gasteiger partial charge in [-0.05, 0) is 24.1 Å². The summed E-state index contributed by atoms with van der Waals surface area (Å²) in [5.41, 5.74) is 6.19. The van der Waals surface area contributed by atoms with Crippen LogP contribution in [0.15, 0.2) is 24.3 Å². The Morgan fingerprint density at radius 1 is 1.33 bits per heavy atom. The quantitative estimate of drug-likeness (QED) is 0.822. The lowest BCUT2D eigenvalue weighted by Crippen LogP contribution is -2.32. The Hall–Kier alpha value is -2.08. The molecule has 0 aliphatic rings. The Labute approximate surface area is 105 Å². The van der Waals surface area contributed by atoms with Crippen molar-refractivity contribution < 1.29 is 19.4 Å². The van der Waals surface area contributed by atoms with Crippen LogP contribution in [-0.4, -0.2) is 42.2 Å². The second-order valence-corrected chi connectivity index (χ2v) is 4.06. The molecule has 6 nitrogen and oxygen atoms in total. The maximum atomic E-state index is 11.3. The summed E-state index contributed by atoms with van der Waals surface area (Å²) in [5, 5.41) is 8.68. The van der Waals surface area contributed by atoms with Crippen LogP contribution in [0, 0.1) is 0 Å². The Balaban J connectivity index is 2.63. The summed E-state index contributed by atoms with van der Waals surface area (Å²) in [5.74, 6) is -0.639. The Morgan fingerprint density at radius 2 is 1.89 bits per heavy atom. The van der Waals surface area contributed by atoms with Crippen molar-refractivity contribution in [2.24, 2.45) is 5.73 Å². The molecule has 3 N–H and O–H groups in total. The predicted octanol–water partition coefficient (Wildman–Crippen LogP) is 0.701. The van der Waals surface area contributed by atoms with E-state index in [4.69, 9.17) is 15.6 Å². The fraction of sp³-hybridized carbons (Fsp3) is 0.333. The first-order chi connectivity index (χ1) is 8.40. The molecule has 0 bridgehead atoms. The first-order valence-electron chi connectivity index (χ1n) is 5.36. The molecule has 0 unspecified atom stereocenters. The minimum atomic E-state index is -1.04. The summed E-state index contributed by atoms with van der Waals surface area (Å²) in [6.45, 7) is 0. The molecule has 0 saturated carbocycles. The van der Waals surface area contributed by atoms with E-state index >= 15 is 0 Å². The highest BCUT2D eigenvalue weighted by Crippen LogP contribution is 2.14. The summed E-state index contributed by atoms with van der Waals surface area (Å²) in [4.78, 5) is 23.2. The number of carbonyl (C=O) groups is 2. The van der Waals surface area contributed by atoms with Crippen LogP contribution >= 0.6 is 0 Å². The number of rotatable bonds is 4. The van der Waals surface area contributed by atoms with E-state index in [-0.39, 0.29) is 6.42 Å². The summed E-state index contributed by atoms with van der Waals surface area (Å²) < 4.78 is 5.02. The Bertz CT molecular complexity index is 428. The van der Waals surface area contributed by atoms with E-state index in [1.165, 1.54) is 4.90 Å². The fourth-order valence-corrected chi connectivity index (χ4v) is 1.23. The monoisotopic (exact) mass is 252 g/mol. The molecule has 1 aromatic rings. The SMILES string of the molecule is CN(C)C(=O)Oc1ccc(C[C@@H](N)C(=O)O)cc1. The molecule has 1 atom stereocenters. The standard InChI is InChI=1S/C12H16N2O4/c1-14(2)12(17)18-9-5-3-8(4-6-9)7-10(13)11(15)16/h3-6,10H,7,13H2,1-2H3,(H,15,16)/t10-/m1/s1. The third-order valence-electron chi connectivity index (χ3n) is 2.27. The third kappa shape index (κ3) is 4.06. The van der Waals surface area contributed by atoms with E-state index in [0.29, 0.717) is 5.75 Å². The zero-order chi connectivity index (χ0) is 13.7. The molecular formula is C12H16N2O4. The number of carbonyl (C=O) groups excluding carboxylic acids is 1. The minimum absolute atomic E-state index is 0.233. The van der Waals surface area contributed by atoms with E-state index in [1.54, 1.807) is 38.4 Å². The van der Waals surface area contributed by atoms with Crippen LogP contribution in [0.25, 0.3) is 0 Å². The molecule has 1 rings (SSSR count). The lowest BCUT2D eigenvalue weighted by atomic mass is 10.1. The molecule has 0 spiro atoms. The van der Waals surface area contributed by atoms with Gasteiger partial charge in [-0.15, -0.1) is 0 Å². The van der Waals surface area contributed by atoms with Crippen LogP contribution in [0.1, 0.15) is 5.56 Å². The number of hydrogen-bond donors (Lipinski definition) is 2. The third-order valence-corrected chi connectivity index (χ3v) is 2.27. The van der Waals surface area contributed by atoms with Gasteiger partial charge in [0, 0.05) is 14.1 Å². The van der Waals surface area contributed by atoms with Gasteiger partial charge in [0.15, 0.2) is 0 Å². The number of nitrogens with two attached hydrogens (primary N) is 1. The normalized spacial score (nSPS) is 11.7. The van der Waals surface area contributed by atoms with Gasteiger partial charge in [0.25, 0.3) is 0 Å². The lowest BCUT2D eigenvalue weighted by molar-refractivity contribution is -0.138. The van der Waals surface area contributed by atoms with Crippen molar-refractivity contribution in [1.29, 1.82) is 0 Å². The van der Waals surface area contributed by atoms with Gasteiger partial charge in [0.2, 0.25) is 0 Å². The topological polar surface area (TPSA) is 92.9 Å². The molecule has 0 heterocycles. The number of nitrogens with zero attached hydrogens (tertiary/aromatic N) is 1. The lowest BCUT2D eigenvalue weighted by Gasteiger charge is -2.11. The van der Waals surface area contributed by atoms with Crippen LogP contribution in [0.3, 0.4) is 0 Å². The molecule has 0 aliphatic carbocycles. The highest BCUT2D eigenvalue weighted by Gasteiger charge is 2.12. The van der Waals surface area contributed by atoms with Gasteiger partial charge in [0.1, 0.15) is 11.8 Å². The van der Waals surface area contributed by atoms with Crippen molar-refractivity contribution in [1.82, 2.24) is 4.90 Å². The van der Waals surface area contributed by atoms with Crippen molar-refractivity contribution >= 4 is 12.1 Å². The van der Waals surface area contributed by atoms with Crippen LogP contribution < -0.4 is 10.5 Å². The smallest absolute Gasteiger partial charge is 0.414 e. The van der Waals surface area contributed by atoms with E-state index in [0.717, 1.165) is 5.56 Å². The van der Waals surface area contributed by atoms with Crippen LogP contribution in [0.2, 0.25) is 0 Å². The molecule has 1 amide bonds. The van der Waals surface area contributed by atoms with Gasteiger partial charge >= 0.3 is 12.1 Å². The highest BCUT2D eigenvalue weighted by molar-refractivity contribution is 5.73. The molecule has 6 heteroatoms.